The standard InChI is InChI=1S/C18H23N5O4/c1-2-27-17-6-7-19-18(20-17)22-9-3-8-21(10-11-22)16-12-14(13-24)4-5-15(16)23(25)26/h4-7,12,24H,2-3,8-11,13H2,1H3. The molecule has 2 aromatic rings. The molecule has 144 valence electrons. The minimum atomic E-state index is -0.381. The topological polar surface area (TPSA) is 105 Å². The summed E-state index contributed by atoms with van der Waals surface area (Å²) in [6.45, 7) is 4.95. The van der Waals surface area contributed by atoms with E-state index in [9.17, 15) is 15.2 Å². The molecule has 0 saturated carbocycles. The third-order valence-electron chi connectivity index (χ3n) is 4.45. The minimum absolute atomic E-state index is 0.0512. The number of rotatable bonds is 6. The lowest BCUT2D eigenvalue weighted by Crippen LogP contribution is -2.32. The Morgan fingerprint density at radius 1 is 1.22 bits per heavy atom. The van der Waals surface area contributed by atoms with Crippen LogP contribution in [0.15, 0.2) is 30.5 Å². The smallest absolute Gasteiger partial charge is 0.292 e. The Morgan fingerprint density at radius 2 is 2.00 bits per heavy atom. The average Bonchev–Trinajstić information content (AvgIpc) is 2.94. The van der Waals surface area contributed by atoms with Gasteiger partial charge in [-0.05, 0) is 31.0 Å². The number of hydrogen-bond acceptors (Lipinski definition) is 8. The van der Waals surface area contributed by atoms with E-state index in [1.807, 2.05) is 11.8 Å². The summed E-state index contributed by atoms with van der Waals surface area (Å²) in [5, 5.41) is 20.8. The van der Waals surface area contributed by atoms with E-state index in [1.165, 1.54) is 6.07 Å². The molecule has 1 N–H and O–H groups in total. The number of aromatic nitrogens is 2. The highest BCUT2D eigenvalue weighted by atomic mass is 16.6. The maximum absolute atomic E-state index is 11.4. The fourth-order valence-corrected chi connectivity index (χ4v) is 3.15. The zero-order valence-electron chi connectivity index (χ0n) is 15.2. The number of nitrogens with zero attached hydrogens (tertiary/aromatic N) is 5. The number of benzene rings is 1. The van der Waals surface area contributed by atoms with Gasteiger partial charge in [-0.2, -0.15) is 4.98 Å². The molecule has 0 spiro atoms. The summed E-state index contributed by atoms with van der Waals surface area (Å²) in [6.07, 6.45) is 2.48. The van der Waals surface area contributed by atoms with Gasteiger partial charge in [-0.1, -0.05) is 0 Å². The summed E-state index contributed by atoms with van der Waals surface area (Å²) in [4.78, 5) is 23.8. The fourth-order valence-electron chi connectivity index (χ4n) is 3.15. The molecule has 0 radical (unpaired) electrons. The molecule has 0 aliphatic carbocycles. The number of aliphatic hydroxyl groups is 1. The molecule has 1 fully saturated rings. The highest BCUT2D eigenvalue weighted by Gasteiger charge is 2.23. The third kappa shape index (κ3) is 4.43. The van der Waals surface area contributed by atoms with Crippen molar-refractivity contribution in [3.05, 3.63) is 46.1 Å². The summed E-state index contributed by atoms with van der Waals surface area (Å²) in [5.74, 6) is 1.14. The number of ether oxygens (including phenoxy) is 1. The summed E-state index contributed by atoms with van der Waals surface area (Å²) in [7, 11) is 0. The second-order valence-corrected chi connectivity index (χ2v) is 6.19. The molecule has 1 aromatic heterocycles. The van der Waals surface area contributed by atoms with Crippen LogP contribution in [0.1, 0.15) is 18.9 Å². The summed E-state index contributed by atoms with van der Waals surface area (Å²) < 4.78 is 5.44. The second-order valence-electron chi connectivity index (χ2n) is 6.19. The average molecular weight is 373 g/mol. The Balaban J connectivity index is 1.79. The van der Waals surface area contributed by atoms with Gasteiger partial charge in [-0.15, -0.1) is 0 Å². The van der Waals surface area contributed by atoms with Gasteiger partial charge in [0.05, 0.1) is 18.1 Å². The molecule has 2 heterocycles. The first-order valence-electron chi connectivity index (χ1n) is 8.96. The molecule has 0 bridgehead atoms. The molecule has 1 aliphatic rings. The van der Waals surface area contributed by atoms with E-state index in [4.69, 9.17) is 4.74 Å². The maximum Gasteiger partial charge on any atom is 0.292 e. The van der Waals surface area contributed by atoms with Crippen LogP contribution >= 0.6 is 0 Å². The van der Waals surface area contributed by atoms with E-state index >= 15 is 0 Å². The van der Waals surface area contributed by atoms with Gasteiger partial charge in [0.1, 0.15) is 5.69 Å². The molecule has 1 aliphatic heterocycles. The lowest BCUT2D eigenvalue weighted by Gasteiger charge is -2.24. The van der Waals surface area contributed by atoms with Gasteiger partial charge in [0.2, 0.25) is 11.8 Å². The molecule has 0 amide bonds. The molecular formula is C18H23N5O4. The van der Waals surface area contributed by atoms with Gasteiger partial charge < -0.3 is 19.6 Å². The van der Waals surface area contributed by atoms with Crippen molar-refractivity contribution in [1.29, 1.82) is 0 Å². The first kappa shape index (κ1) is 18.8. The van der Waals surface area contributed by atoms with Gasteiger partial charge >= 0.3 is 0 Å². The quantitative estimate of drug-likeness (QED) is 0.605. The van der Waals surface area contributed by atoms with Crippen LogP contribution in [-0.4, -0.2) is 52.8 Å². The largest absolute Gasteiger partial charge is 0.478 e. The Morgan fingerprint density at radius 3 is 2.74 bits per heavy atom. The van der Waals surface area contributed by atoms with Crippen molar-refractivity contribution < 1.29 is 14.8 Å². The van der Waals surface area contributed by atoms with Crippen molar-refractivity contribution in [2.24, 2.45) is 0 Å². The molecular weight excluding hydrogens is 350 g/mol. The van der Waals surface area contributed by atoms with Crippen LogP contribution in [0.25, 0.3) is 0 Å². The van der Waals surface area contributed by atoms with Crippen LogP contribution in [-0.2, 0) is 6.61 Å². The normalized spacial score (nSPS) is 14.7. The Hall–Kier alpha value is -2.94. The third-order valence-corrected chi connectivity index (χ3v) is 4.45. The molecule has 1 aromatic carbocycles. The van der Waals surface area contributed by atoms with Crippen LogP contribution in [0.5, 0.6) is 5.88 Å². The lowest BCUT2D eigenvalue weighted by atomic mass is 10.1. The van der Waals surface area contributed by atoms with Crippen molar-refractivity contribution >= 4 is 17.3 Å². The van der Waals surface area contributed by atoms with Gasteiger partial charge in [-0.3, -0.25) is 10.1 Å². The van der Waals surface area contributed by atoms with E-state index in [0.717, 1.165) is 13.0 Å². The van der Waals surface area contributed by atoms with Gasteiger partial charge in [0.15, 0.2) is 0 Å². The zero-order chi connectivity index (χ0) is 19.2. The Kier molecular flexibility index (Phi) is 6.02. The summed E-state index contributed by atoms with van der Waals surface area (Å²) in [6, 6.07) is 6.46. The van der Waals surface area contributed by atoms with E-state index in [0.29, 0.717) is 49.3 Å². The molecule has 3 rings (SSSR count). The van der Waals surface area contributed by atoms with Crippen molar-refractivity contribution in [2.75, 3.05) is 42.6 Å². The SMILES string of the molecule is CCOc1ccnc(N2CCCN(c3cc(CO)ccc3[N+](=O)[O-])CC2)n1. The monoisotopic (exact) mass is 373 g/mol. The molecule has 27 heavy (non-hydrogen) atoms. The van der Waals surface area contributed by atoms with Gasteiger partial charge in [-0.25, -0.2) is 4.98 Å². The van der Waals surface area contributed by atoms with E-state index in [2.05, 4.69) is 14.9 Å². The first-order valence-corrected chi connectivity index (χ1v) is 8.96. The maximum atomic E-state index is 11.4. The molecule has 0 atom stereocenters. The fraction of sp³-hybridized carbons (Fsp3) is 0.444. The zero-order valence-corrected chi connectivity index (χ0v) is 15.2. The second kappa shape index (κ2) is 8.63. The number of hydrogen-bond donors (Lipinski definition) is 1. The van der Waals surface area contributed by atoms with E-state index < -0.39 is 0 Å². The van der Waals surface area contributed by atoms with Crippen molar-refractivity contribution in [3.8, 4) is 5.88 Å². The molecule has 1 saturated heterocycles. The van der Waals surface area contributed by atoms with E-state index in [-0.39, 0.29) is 17.2 Å². The van der Waals surface area contributed by atoms with Gasteiger partial charge in [0, 0.05) is 44.5 Å². The van der Waals surface area contributed by atoms with Crippen molar-refractivity contribution in [2.45, 2.75) is 20.0 Å². The molecule has 0 unspecified atom stereocenters. The van der Waals surface area contributed by atoms with Gasteiger partial charge in [0.25, 0.3) is 5.69 Å². The first-order chi connectivity index (χ1) is 13.1. The number of nitro groups is 1. The lowest BCUT2D eigenvalue weighted by molar-refractivity contribution is -0.384. The Labute approximate surface area is 157 Å². The Bertz CT molecular complexity index is 801. The van der Waals surface area contributed by atoms with E-state index in [1.54, 1.807) is 24.4 Å². The number of nitro benzene ring substituents is 1. The summed E-state index contributed by atoms with van der Waals surface area (Å²) in [5.41, 5.74) is 1.25. The van der Waals surface area contributed by atoms with Crippen molar-refractivity contribution in [3.63, 3.8) is 0 Å². The van der Waals surface area contributed by atoms with Crippen LogP contribution in [0.2, 0.25) is 0 Å². The predicted octanol–water partition coefficient (Wildman–Crippen LogP) is 1.99. The molecule has 9 nitrogen and oxygen atoms in total. The number of aliphatic hydroxyl groups excluding tert-OH is 1. The van der Waals surface area contributed by atoms with Crippen LogP contribution in [0, 0.1) is 10.1 Å². The highest BCUT2D eigenvalue weighted by molar-refractivity contribution is 5.65. The predicted molar refractivity (Wildman–Crippen MR) is 101 cm³/mol. The van der Waals surface area contributed by atoms with Crippen LogP contribution < -0.4 is 14.5 Å². The summed E-state index contributed by atoms with van der Waals surface area (Å²) >= 11 is 0. The highest BCUT2D eigenvalue weighted by Crippen LogP contribution is 2.30. The number of anilines is 2. The van der Waals surface area contributed by atoms with Crippen LogP contribution in [0.3, 0.4) is 0 Å². The molecule has 9 heteroatoms. The minimum Gasteiger partial charge on any atom is -0.478 e. The van der Waals surface area contributed by atoms with Crippen LogP contribution in [0.4, 0.5) is 17.3 Å². The van der Waals surface area contributed by atoms with Crippen molar-refractivity contribution in [1.82, 2.24) is 9.97 Å².